The minimum Gasteiger partial charge on any atom is -1.00 e. The van der Waals surface area contributed by atoms with Crippen LogP contribution in [0.2, 0.25) is 0 Å². The smallest absolute Gasteiger partial charge is 0.102 e. The highest BCUT2D eigenvalue weighted by Gasteiger charge is 2.22. The quantitative estimate of drug-likeness (QED) is 0.113. The second kappa shape index (κ2) is 27.8. The molecule has 0 bridgehead atoms. The molecule has 0 spiro atoms. The summed E-state index contributed by atoms with van der Waals surface area (Å²) in [5.74, 6) is 0. The molecule has 0 aliphatic heterocycles. The fourth-order valence-corrected chi connectivity index (χ4v) is 5.45. The summed E-state index contributed by atoms with van der Waals surface area (Å²) in [4.78, 5) is 0. The van der Waals surface area contributed by atoms with E-state index in [1.54, 1.807) is 0 Å². The Kier molecular flexibility index (Phi) is 32.0. The molecule has 216 valence electrons. The SMILES string of the molecule is CC[N+](CC)(CCO)CCCCCCCCCCCCCCCC[N+](CC)(CC)CCOC.[Br-].[Br-]. The molecule has 0 amide bonds. The zero-order valence-electron chi connectivity index (χ0n) is 24.5. The number of rotatable bonds is 26. The van der Waals surface area contributed by atoms with Crippen LogP contribution in [0.4, 0.5) is 0 Å². The summed E-state index contributed by atoms with van der Waals surface area (Å²) in [5.41, 5.74) is 0. The summed E-state index contributed by atoms with van der Waals surface area (Å²) in [6.07, 6.45) is 19.8. The minimum atomic E-state index is 0. The van der Waals surface area contributed by atoms with Gasteiger partial charge in [0.15, 0.2) is 0 Å². The number of ether oxygens (including phenoxy) is 1. The lowest BCUT2D eigenvalue weighted by atomic mass is 10.0. The molecule has 1 N–H and O–H groups in total. The van der Waals surface area contributed by atoms with Crippen molar-refractivity contribution in [3.8, 4) is 0 Å². The first-order chi connectivity index (χ1) is 16.1. The highest BCUT2D eigenvalue weighted by Crippen LogP contribution is 2.16. The van der Waals surface area contributed by atoms with Gasteiger partial charge in [0.2, 0.25) is 0 Å². The topological polar surface area (TPSA) is 29.5 Å². The molecular formula is C29H64Br2N2O2. The van der Waals surface area contributed by atoms with Crippen molar-refractivity contribution in [2.45, 2.75) is 118 Å². The predicted octanol–water partition coefficient (Wildman–Crippen LogP) is 0.808. The monoisotopic (exact) mass is 630 g/mol. The molecule has 0 aliphatic carbocycles. The van der Waals surface area contributed by atoms with E-state index in [9.17, 15) is 5.11 Å². The number of methoxy groups -OCH3 is 1. The van der Waals surface area contributed by atoms with Crippen molar-refractivity contribution in [1.82, 2.24) is 0 Å². The zero-order valence-corrected chi connectivity index (χ0v) is 27.6. The van der Waals surface area contributed by atoms with E-state index in [-0.39, 0.29) is 34.0 Å². The Morgan fingerprint density at radius 3 is 1.00 bits per heavy atom. The first-order valence-corrected chi connectivity index (χ1v) is 14.9. The number of quaternary nitrogens is 2. The fraction of sp³-hybridized carbons (Fsp3) is 1.00. The molecule has 0 atom stereocenters. The zero-order chi connectivity index (χ0) is 24.7. The molecule has 0 aromatic rings. The summed E-state index contributed by atoms with van der Waals surface area (Å²) >= 11 is 0. The molecular weight excluding hydrogens is 568 g/mol. The molecule has 0 radical (unpaired) electrons. The number of aliphatic hydroxyl groups excluding tert-OH is 1. The maximum absolute atomic E-state index is 9.34. The Morgan fingerprint density at radius 1 is 0.457 bits per heavy atom. The number of nitrogens with zero attached hydrogens (tertiary/aromatic N) is 2. The van der Waals surface area contributed by atoms with Gasteiger partial charge in [-0.3, -0.25) is 0 Å². The van der Waals surface area contributed by atoms with Crippen LogP contribution in [-0.2, 0) is 4.74 Å². The minimum absolute atomic E-state index is 0. The van der Waals surface area contributed by atoms with Gasteiger partial charge in [0.1, 0.15) is 13.1 Å². The van der Waals surface area contributed by atoms with E-state index in [1.807, 2.05) is 7.11 Å². The van der Waals surface area contributed by atoms with Crippen LogP contribution in [-0.4, -0.2) is 86.8 Å². The molecule has 0 unspecified atom stereocenters. The molecule has 0 aromatic carbocycles. The molecule has 35 heavy (non-hydrogen) atoms. The van der Waals surface area contributed by atoms with Gasteiger partial charge in [0.25, 0.3) is 0 Å². The molecule has 0 aromatic heterocycles. The van der Waals surface area contributed by atoms with Crippen molar-refractivity contribution in [2.24, 2.45) is 0 Å². The largest absolute Gasteiger partial charge is 1.00 e. The molecule has 6 heteroatoms. The van der Waals surface area contributed by atoms with E-state index in [0.29, 0.717) is 6.61 Å². The van der Waals surface area contributed by atoms with Crippen LogP contribution in [0.15, 0.2) is 0 Å². The maximum Gasteiger partial charge on any atom is 0.102 e. The summed E-state index contributed by atoms with van der Waals surface area (Å²) < 4.78 is 7.66. The van der Waals surface area contributed by atoms with Crippen molar-refractivity contribution in [1.29, 1.82) is 0 Å². The lowest BCUT2D eigenvalue weighted by Crippen LogP contribution is -3.00. The highest BCUT2D eigenvalue weighted by atomic mass is 79.9. The summed E-state index contributed by atoms with van der Waals surface area (Å²) in [5, 5.41) is 9.34. The van der Waals surface area contributed by atoms with Gasteiger partial charge in [-0.15, -0.1) is 0 Å². The molecule has 0 saturated heterocycles. The van der Waals surface area contributed by atoms with Crippen LogP contribution in [0.1, 0.15) is 118 Å². The number of aliphatic hydroxyl groups is 1. The van der Waals surface area contributed by atoms with Crippen molar-refractivity contribution < 1.29 is 52.8 Å². The first-order valence-electron chi connectivity index (χ1n) is 14.9. The lowest BCUT2D eigenvalue weighted by Gasteiger charge is -2.36. The molecule has 0 fully saturated rings. The Balaban J connectivity index is -0.00000512. The Labute approximate surface area is 242 Å². The van der Waals surface area contributed by atoms with Crippen LogP contribution in [0.5, 0.6) is 0 Å². The van der Waals surface area contributed by atoms with Crippen LogP contribution in [0, 0.1) is 0 Å². The van der Waals surface area contributed by atoms with E-state index in [4.69, 9.17) is 4.74 Å². The molecule has 4 nitrogen and oxygen atoms in total. The summed E-state index contributed by atoms with van der Waals surface area (Å²) in [7, 11) is 1.83. The van der Waals surface area contributed by atoms with E-state index in [1.165, 1.54) is 127 Å². The highest BCUT2D eigenvalue weighted by molar-refractivity contribution is 4.51. The molecule has 0 aliphatic rings. The maximum atomic E-state index is 9.34. The van der Waals surface area contributed by atoms with Gasteiger partial charge in [0.05, 0.1) is 52.5 Å². The second-order valence-electron chi connectivity index (χ2n) is 10.5. The van der Waals surface area contributed by atoms with E-state index < -0.39 is 0 Å². The van der Waals surface area contributed by atoms with Crippen LogP contribution in [0.25, 0.3) is 0 Å². The first kappa shape index (κ1) is 40.3. The van der Waals surface area contributed by atoms with Crippen molar-refractivity contribution in [3.05, 3.63) is 0 Å². The number of unbranched alkanes of at least 4 members (excludes halogenated alkanes) is 13. The molecule has 0 heterocycles. The van der Waals surface area contributed by atoms with Crippen LogP contribution >= 0.6 is 0 Å². The van der Waals surface area contributed by atoms with E-state index >= 15 is 0 Å². The van der Waals surface area contributed by atoms with Gasteiger partial charge in [-0.1, -0.05) is 64.2 Å². The number of halogens is 2. The van der Waals surface area contributed by atoms with Gasteiger partial charge in [-0.25, -0.2) is 0 Å². The number of hydrogen-bond donors (Lipinski definition) is 1. The standard InChI is InChI=1S/C29H64N2O2.2BrH/c1-6-30(7-2,26-28-32)24-22-20-18-16-14-12-10-11-13-15-17-19-21-23-25-31(8-3,9-4)27-29-33-5;;/h32H,6-29H2,1-5H3;2*1H/q+2;;/p-2. The van der Waals surface area contributed by atoms with Crippen LogP contribution < -0.4 is 34.0 Å². The van der Waals surface area contributed by atoms with E-state index in [2.05, 4.69) is 27.7 Å². The average molecular weight is 633 g/mol. The third-order valence-corrected chi connectivity index (χ3v) is 8.54. The van der Waals surface area contributed by atoms with Crippen molar-refractivity contribution in [3.63, 3.8) is 0 Å². The molecule has 0 saturated carbocycles. The number of likely N-dealkylation sites (N-methyl/N-ethyl adjacent to an activating group) is 2. The lowest BCUT2D eigenvalue weighted by molar-refractivity contribution is -0.925. The van der Waals surface area contributed by atoms with Gasteiger partial charge < -0.3 is 52.8 Å². The third-order valence-electron chi connectivity index (χ3n) is 8.54. The number of hydrogen-bond acceptors (Lipinski definition) is 2. The fourth-order valence-electron chi connectivity index (χ4n) is 5.45. The predicted molar refractivity (Wildman–Crippen MR) is 146 cm³/mol. The third kappa shape index (κ3) is 20.4. The van der Waals surface area contributed by atoms with Crippen LogP contribution in [0.3, 0.4) is 0 Å². The van der Waals surface area contributed by atoms with Gasteiger partial charge in [-0.2, -0.15) is 0 Å². The van der Waals surface area contributed by atoms with E-state index in [0.717, 1.165) is 30.7 Å². The summed E-state index contributed by atoms with van der Waals surface area (Å²) in [6.45, 7) is 19.9. The Morgan fingerprint density at radius 2 is 0.743 bits per heavy atom. The van der Waals surface area contributed by atoms with Crippen molar-refractivity contribution in [2.75, 3.05) is 72.7 Å². The van der Waals surface area contributed by atoms with Gasteiger partial charge in [-0.05, 0) is 53.4 Å². The molecule has 0 rings (SSSR count). The summed E-state index contributed by atoms with van der Waals surface area (Å²) in [6, 6.07) is 0. The Hall–Kier alpha value is 0.800. The van der Waals surface area contributed by atoms with Gasteiger partial charge in [0, 0.05) is 7.11 Å². The van der Waals surface area contributed by atoms with Crippen molar-refractivity contribution >= 4 is 0 Å². The second-order valence-corrected chi connectivity index (χ2v) is 10.5. The Bertz CT molecular complexity index is 406. The van der Waals surface area contributed by atoms with Gasteiger partial charge >= 0.3 is 0 Å². The normalized spacial score (nSPS) is 11.8. The average Bonchev–Trinajstić information content (AvgIpc) is 2.85.